The molecule has 1 unspecified atom stereocenters. The number of nitrogens with one attached hydrogen (secondary N) is 1. The van der Waals surface area contributed by atoms with Gasteiger partial charge in [-0.15, -0.1) is 0 Å². The van der Waals surface area contributed by atoms with Gasteiger partial charge in [0.2, 0.25) is 0 Å². The van der Waals surface area contributed by atoms with E-state index in [-0.39, 0.29) is 0 Å². The van der Waals surface area contributed by atoms with Crippen molar-refractivity contribution in [3.63, 3.8) is 0 Å². The number of imidazole rings is 1. The van der Waals surface area contributed by atoms with Crippen molar-refractivity contribution in [2.24, 2.45) is 0 Å². The summed E-state index contributed by atoms with van der Waals surface area (Å²) < 4.78 is 2.31. The van der Waals surface area contributed by atoms with E-state index in [9.17, 15) is 14.7 Å². The lowest BCUT2D eigenvalue weighted by Crippen LogP contribution is -2.38. The first-order valence-corrected chi connectivity index (χ1v) is 13.4. The van der Waals surface area contributed by atoms with Crippen molar-refractivity contribution in [1.82, 2.24) is 24.8 Å². The van der Waals surface area contributed by atoms with Crippen molar-refractivity contribution in [1.29, 1.82) is 0 Å². The van der Waals surface area contributed by atoms with Gasteiger partial charge >= 0.3 is 5.97 Å². The van der Waals surface area contributed by atoms with Gasteiger partial charge in [-0.05, 0) is 56.2 Å². The Hall–Kier alpha value is -4.59. The molecule has 1 atom stereocenters. The zero-order valence-electron chi connectivity index (χ0n) is 21.7. The van der Waals surface area contributed by atoms with Crippen LogP contribution in [0.15, 0.2) is 72.9 Å². The smallest absolute Gasteiger partial charge is 0.325 e. The van der Waals surface area contributed by atoms with Crippen molar-refractivity contribution in [3.05, 3.63) is 78.5 Å². The molecule has 0 spiro atoms. The second-order valence-electron chi connectivity index (χ2n) is 10.2. The molecular weight excluding hydrogens is 490 g/mol. The summed E-state index contributed by atoms with van der Waals surface area (Å²) in [6, 6.07) is 20.8. The molecule has 1 amide bonds. The molecule has 2 aromatic heterocycles. The first kappa shape index (κ1) is 24.7. The molecule has 0 saturated heterocycles. The summed E-state index contributed by atoms with van der Waals surface area (Å²) in [5.74, 6) is -0.680. The Kier molecular flexibility index (Phi) is 6.52. The van der Waals surface area contributed by atoms with Crippen LogP contribution in [0.25, 0.3) is 44.7 Å². The number of fused-ring (bicyclic) bond motifs is 2. The van der Waals surface area contributed by atoms with E-state index < -0.39 is 17.9 Å². The molecule has 1 aliphatic carbocycles. The topological polar surface area (TPSA) is 110 Å². The van der Waals surface area contributed by atoms with E-state index in [1.807, 2.05) is 54.6 Å². The molecule has 2 heterocycles. The number of aromatic nitrogens is 4. The number of hydrogen-bond acceptors (Lipinski definition) is 5. The summed E-state index contributed by atoms with van der Waals surface area (Å²) in [7, 11) is 0. The summed E-state index contributed by atoms with van der Waals surface area (Å²) >= 11 is 0. The first-order valence-electron chi connectivity index (χ1n) is 13.4. The lowest BCUT2D eigenvalue weighted by Gasteiger charge is -2.25. The Balaban J connectivity index is 1.45. The lowest BCUT2D eigenvalue weighted by molar-refractivity contribution is -0.138. The number of carboxylic acids is 1. The molecule has 8 nitrogen and oxygen atoms in total. The molecule has 0 bridgehead atoms. The average molecular weight is 520 g/mol. The number of nitrogens with zero attached hydrogens (tertiary/aromatic N) is 4. The van der Waals surface area contributed by atoms with E-state index >= 15 is 0 Å². The molecule has 3 aromatic carbocycles. The van der Waals surface area contributed by atoms with Crippen molar-refractivity contribution >= 4 is 33.9 Å². The molecule has 196 valence electrons. The van der Waals surface area contributed by atoms with Gasteiger partial charge < -0.3 is 15.0 Å². The van der Waals surface area contributed by atoms with Crippen LogP contribution in [0.3, 0.4) is 0 Å². The van der Waals surface area contributed by atoms with Crippen LogP contribution in [0.5, 0.6) is 0 Å². The minimum atomic E-state index is -1.08. The highest BCUT2D eigenvalue weighted by Crippen LogP contribution is 2.37. The Morgan fingerprint density at radius 2 is 1.69 bits per heavy atom. The number of aliphatic carboxylic acids is 1. The highest BCUT2D eigenvalue weighted by atomic mass is 16.4. The minimum absolute atomic E-state index is 0.308. The number of carbonyl (C=O) groups excluding carboxylic acids is 1. The van der Waals surface area contributed by atoms with Gasteiger partial charge in [0, 0.05) is 22.7 Å². The number of carboxylic acid groups (broad SMARTS) is 1. The van der Waals surface area contributed by atoms with Gasteiger partial charge in [0.25, 0.3) is 5.91 Å². The van der Waals surface area contributed by atoms with E-state index in [0.717, 1.165) is 52.0 Å². The third-order valence-corrected chi connectivity index (χ3v) is 7.48. The van der Waals surface area contributed by atoms with E-state index in [4.69, 9.17) is 9.97 Å². The Labute approximate surface area is 225 Å². The molecule has 5 aromatic rings. The fourth-order valence-electron chi connectivity index (χ4n) is 5.39. The van der Waals surface area contributed by atoms with Crippen molar-refractivity contribution in [3.8, 4) is 22.6 Å². The number of benzene rings is 3. The molecule has 0 aliphatic heterocycles. The molecule has 1 fully saturated rings. The van der Waals surface area contributed by atoms with E-state index in [2.05, 4.69) is 14.9 Å². The van der Waals surface area contributed by atoms with Crippen LogP contribution in [0.4, 0.5) is 0 Å². The van der Waals surface area contributed by atoms with Gasteiger partial charge in [0.05, 0.1) is 34.0 Å². The molecule has 0 radical (unpaired) electrons. The van der Waals surface area contributed by atoms with E-state index in [0.29, 0.717) is 17.1 Å². The third kappa shape index (κ3) is 4.85. The molecule has 2 N–H and O–H groups in total. The maximum Gasteiger partial charge on any atom is 0.325 e. The van der Waals surface area contributed by atoms with Crippen LogP contribution < -0.4 is 5.32 Å². The van der Waals surface area contributed by atoms with Crippen molar-refractivity contribution < 1.29 is 14.7 Å². The average Bonchev–Trinajstić information content (AvgIpc) is 3.36. The predicted octanol–water partition coefficient (Wildman–Crippen LogP) is 6.02. The van der Waals surface area contributed by atoms with Gasteiger partial charge in [-0.25, -0.2) is 9.97 Å². The predicted molar refractivity (Wildman–Crippen MR) is 150 cm³/mol. The summed E-state index contributed by atoms with van der Waals surface area (Å²) in [4.78, 5) is 38.5. The fourth-order valence-corrected chi connectivity index (χ4v) is 5.39. The number of amides is 1. The highest BCUT2D eigenvalue weighted by Gasteiger charge is 2.24. The number of rotatable bonds is 6. The summed E-state index contributed by atoms with van der Waals surface area (Å²) in [6.07, 6.45) is 7.51. The second kappa shape index (κ2) is 10.3. The number of hydrogen-bond donors (Lipinski definition) is 2. The van der Waals surface area contributed by atoms with Crippen LogP contribution in [0.1, 0.15) is 55.4 Å². The van der Waals surface area contributed by atoms with Crippen LogP contribution in [-0.4, -0.2) is 42.5 Å². The van der Waals surface area contributed by atoms with Gasteiger partial charge in [0.1, 0.15) is 11.9 Å². The van der Waals surface area contributed by atoms with Crippen LogP contribution in [-0.2, 0) is 4.79 Å². The second-order valence-corrected chi connectivity index (χ2v) is 10.2. The zero-order chi connectivity index (χ0) is 26.9. The molecule has 1 saturated carbocycles. The van der Waals surface area contributed by atoms with Gasteiger partial charge in [-0.3, -0.25) is 14.6 Å². The third-order valence-electron chi connectivity index (χ3n) is 7.48. The minimum Gasteiger partial charge on any atom is -0.480 e. The molecule has 8 heteroatoms. The van der Waals surface area contributed by atoms with Crippen molar-refractivity contribution in [2.75, 3.05) is 0 Å². The monoisotopic (exact) mass is 519 g/mol. The van der Waals surface area contributed by atoms with Crippen LogP contribution in [0.2, 0.25) is 0 Å². The molecule has 1 aliphatic rings. The Morgan fingerprint density at radius 1 is 0.897 bits per heavy atom. The maximum absolute atomic E-state index is 12.7. The summed E-state index contributed by atoms with van der Waals surface area (Å²) in [5.41, 5.74) is 6.41. The molecule has 6 rings (SSSR count). The van der Waals surface area contributed by atoms with Gasteiger partial charge in [-0.1, -0.05) is 49.6 Å². The molecule has 39 heavy (non-hydrogen) atoms. The number of carbonyl (C=O) groups is 2. The maximum atomic E-state index is 12.7. The van der Waals surface area contributed by atoms with Gasteiger partial charge in [0.15, 0.2) is 0 Å². The first-order chi connectivity index (χ1) is 19.0. The Bertz CT molecular complexity index is 1690. The largest absolute Gasteiger partial charge is 0.480 e. The zero-order valence-corrected chi connectivity index (χ0v) is 21.7. The fraction of sp³-hybridized carbons (Fsp3) is 0.258. The Morgan fingerprint density at radius 3 is 2.46 bits per heavy atom. The van der Waals surface area contributed by atoms with E-state index in [1.54, 1.807) is 18.3 Å². The standard InChI is InChI=1S/C31H29N5O3/c1-19(31(38)39)33-30(37)22-13-15-28-26(17-22)35-29(36(28)23-10-6-3-7-11-23)21-12-14-24-25(16-21)34-27(18-32-24)20-8-4-2-5-9-20/h2,4-5,8-9,12-19,23H,3,6-7,10-11H2,1H3,(H,33,37)(H,38,39). The SMILES string of the molecule is CC(NC(=O)c1ccc2c(c1)nc(-c1ccc3ncc(-c4ccccc4)nc3c1)n2C1CCCCC1)C(=O)O. The van der Waals surface area contributed by atoms with Gasteiger partial charge in [-0.2, -0.15) is 0 Å². The summed E-state index contributed by atoms with van der Waals surface area (Å²) in [5, 5.41) is 11.7. The van der Waals surface area contributed by atoms with Crippen molar-refractivity contribution in [2.45, 2.75) is 51.1 Å². The van der Waals surface area contributed by atoms with E-state index in [1.165, 1.54) is 26.2 Å². The molecular formula is C31H29N5O3. The summed E-state index contributed by atoms with van der Waals surface area (Å²) in [6.45, 7) is 1.44. The highest BCUT2D eigenvalue weighted by molar-refractivity contribution is 5.99. The van der Waals surface area contributed by atoms with Crippen LogP contribution in [0, 0.1) is 0 Å². The quantitative estimate of drug-likeness (QED) is 0.284. The lowest BCUT2D eigenvalue weighted by atomic mass is 9.94. The normalized spacial score (nSPS) is 14.9. The van der Waals surface area contributed by atoms with Crippen LogP contribution >= 0.6 is 0 Å².